The predicted octanol–water partition coefficient (Wildman–Crippen LogP) is 2.03. The van der Waals surface area contributed by atoms with Crippen LogP contribution >= 0.6 is 0 Å². The van der Waals surface area contributed by atoms with Crippen molar-refractivity contribution in [1.82, 2.24) is 0 Å². The second-order valence-electron chi connectivity index (χ2n) is 5.15. The molecule has 0 aliphatic carbocycles. The first kappa shape index (κ1) is 14.2. The fraction of sp³-hybridized carbons (Fsp3) is 0.600. The van der Waals surface area contributed by atoms with Crippen LogP contribution < -0.4 is 15.4 Å². The first-order chi connectivity index (χ1) is 9.20. The van der Waals surface area contributed by atoms with E-state index in [-0.39, 0.29) is 12.2 Å². The molecule has 0 bridgehead atoms. The van der Waals surface area contributed by atoms with Crippen molar-refractivity contribution in [2.45, 2.75) is 32.5 Å². The van der Waals surface area contributed by atoms with Gasteiger partial charge in [0.15, 0.2) is 0 Å². The summed E-state index contributed by atoms with van der Waals surface area (Å²) in [4.78, 5) is 2.33. The highest BCUT2D eigenvalue weighted by atomic mass is 16.5. The van der Waals surface area contributed by atoms with Gasteiger partial charge in [-0.25, -0.2) is 0 Å². The van der Waals surface area contributed by atoms with Gasteiger partial charge >= 0.3 is 0 Å². The first-order valence-electron chi connectivity index (χ1n) is 7.03. The maximum absolute atomic E-state index is 5.89. The van der Waals surface area contributed by atoms with Gasteiger partial charge in [-0.1, -0.05) is 12.1 Å². The molecule has 0 amide bonds. The molecule has 1 saturated heterocycles. The van der Waals surface area contributed by atoms with Gasteiger partial charge in [0.1, 0.15) is 5.75 Å². The van der Waals surface area contributed by atoms with Crippen LogP contribution in [0.3, 0.4) is 0 Å². The fourth-order valence-corrected chi connectivity index (χ4v) is 2.37. The Morgan fingerprint density at radius 1 is 1.42 bits per heavy atom. The molecule has 19 heavy (non-hydrogen) atoms. The van der Waals surface area contributed by atoms with Crippen LogP contribution in [0, 0.1) is 0 Å². The molecule has 1 atom stereocenters. The number of ether oxygens (including phenoxy) is 2. The van der Waals surface area contributed by atoms with Gasteiger partial charge in [0, 0.05) is 13.1 Å². The largest absolute Gasteiger partial charge is 0.489 e. The lowest BCUT2D eigenvalue weighted by molar-refractivity contribution is 0.0366. The Labute approximate surface area is 115 Å². The summed E-state index contributed by atoms with van der Waals surface area (Å²) in [5.41, 5.74) is 6.77. The predicted molar refractivity (Wildman–Crippen MR) is 77.8 cm³/mol. The molecule has 1 aromatic carbocycles. The van der Waals surface area contributed by atoms with Crippen molar-refractivity contribution in [1.29, 1.82) is 0 Å². The molecule has 2 rings (SSSR count). The molecular formula is C15H24N2O2. The number of rotatable bonds is 5. The van der Waals surface area contributed by atoms with Gasteiger partial charge in [-0.2, -0.15) is 0 Å². The summed E-state index contributed by atoms with van der Waals surface area (Å²) < 4.78 is 11.6. The van der Waals surface area contributed by atoms with Crippen LogP contribution in [-0.2, 0) is 4.74 Å². The van der Waals surface area contributed by atoms with Crippen molar-refractivity contribution in [3.05, 3.63) is 24.3 Å². The van der Waals surface area contributed by atoms with Gasteiger partial charge in [0.25, 0.3) is 0 Å². The zero-order valence-corrected chi connectivity index (χ0v) is 11.8. The van der Waals surface area contributed by atoms with Crippen molar-refractivity contribution in [3.8, 4) is 5.75 Å². The molecule has 4 heteroatoms. The molecule has 2 N–H and O–H groups in total. The molecule has 0 spiro atoms. The zero-order valence-electron chi connectivity index (χ0n) is 11.8. The van der Waals surface area contributed by atoms with Gasteiger partial charge < -0.3 is 20.1 Å². The molecule has 106 valence electrons. The standard InChI is InChI=1S/C15H24N2O2/c1-12(2)19-15-6-4-3-5-14(15)17-9-10-18-13(11-17)7-8-16/h3-6,12-13H,7-11,16H2,1-2H3. The quantitative estimate of drug-likeness (QED) is 0.884. The van der Waals surface area contributed by atoms with E-state index in [9.17, 15) is 0 Å². The molecule has 1 heterocycles. The van der Waals surface area contributed by atoms with Gasteiger partial charge in [-0.05, 0) is 38.9 Å². The number of hydrogen-bond donors (Lipinski definition) is 1. The Kier molecular flexibility index (Phi) is 5.05. The Morgan fingerprint density at radius 2 is 2.21 bits per heavy atom. The first-order valence-corrected chi connectivity index (χ1v) is 7.03. The van der Waals surface area contributed by atoms with Crippen molar-refractivity contribution in [2.75, 3.05) is 31.1 Å². The van der Waals surface area contributed by atoms with E-state index in [4.69, 9.17) is 15.2 Å². The van der Waals surface area contributed by atoms with Crippen LogP contribution in [0.5, 0.6) is 5.75 Å². The summed E-state index contributed by atoms with van der Waals surface area (Å²) in [6.07, 6.45) is 1.32. The SMILES string of the molecule is CC(C)Oc1ccccc1N1CCOC(CCN)C1. The number of anilines is 1. The number of nitrogens with zero attached hydrogens (tertiary/aromatic N) is 1. The maximum atomic E-state index is 5.89. The molecule has 1 unspecified atom stereocenters. The molecular weight excluding hydrogens is 240 g/mol. The monoisotopic (exact) mass is 264 g/mol. The molecule has 4 nitrogen and oxygen atoms in total. The van der Waals surface area contributed by atoms with Crippen molar-refractivity contribution in [3.63, 3.8) is 0 Å². The van der Waals surface area contributed by atoms with E-state index < -0.39 is 0 Å². The second-order valence-corrected chi connectivity index (χ2v) is 5.15. The minimum atomic E-state index is 0.182. The Morgan fingerprint density at radius 3 is 2.95 bits per heavy atom. The number of para-hydroxylation sites is 2. The van der Waals surface area contributed by atoms with Crippen LogP contribution in [0.2, 0.25) is 0 Å². The summed E-state index contributed by atoms with van der Waals surface area (Å²) in [6, 6.07) is 8.21. The third-order valence-corrected chi connectivity index (χ3v) is 3.20. The van der Waals surface area contributed by atoms with E-state index in [0.29, 0.717) is 6.54 Å². The van der Waals surface area contributed by atoms with Crippen molar-refractivity contribution < 1.29 is 9.47 Å². The zero-order chi connectivity index (χ0) is 13.7. The Bertz CT molecular complexity index is 393. The highest BCUT2D eigenvalue weighted by molar-refractivity contribution is 5.58. The topological polar surface area (TPSA) is 47.7 Å². The normalized spacial score (nSPS) is 19.8. The van der Waals surface area contributed by atoms with Crippen LogP contribution in [-0.4, -0.2) is 38.4 Å². The fourth-order valence-electron chi connectivity index (χ4n) is 2.37. The maximum Gasteiger partial charge on any atom is 0.142 e. The van der Waals surface area contributed by atoms with Gasteiger partial charge in [0.2, 0.25) is 0 Å². The lowest BCUT2D eigenvalue weighted by atomic mass is 10.1. The summed E-state index contributed by atoms with van der Waals surface area (Å²) in [5.74, 6) is 0.950. The van der Waals surface area contributed by atoms with E-state index in [1.807, 2.05) is 26.0 Å². The average molecular weight is 264 g/mol. The van der Waals surface area contributed by atoms with Gasteiger partial charge in [0.05, 0.1) is 24.5 Å². The molecule has 1 fully saturated rings. The average Bonchev–Trinajstić information content (AvgIpc) is 2.39. The van der Waals surface area contributed by atoms with E-state index in [2.05, 4.69) is 17.0 Å². The van der Waals surface area contributed by atoms with Gasteiger partial charge in [-0.3, -0.25) is 0 Å². The van der Waals surface area contributed by atoms with Crippen molar-refractivity contribution in [2.24, 2.45) is 5.73 Å². The number of hydrogen-bond acceptors (Lipinski definition) is 4. The summed E-state index contributed by atoms with van der Waals surface area (Å²) in [5, 5.41) is 0. The number of benzene rings is 1. The summed E-state index contributed by atoms with van der Waals surface area (Å²) in [7, 11) is 0. The third-order valence-electron chi connectivity index (χ3n) is 3.20. The Hall–Kier alpha value is -1.26. The molecule has 1 aromatic rings. The lowest BCUT2D eigenvalue weighted by Gasteiger charge is -2.35. The highest BCUT2D eigenvalue weighted by Gasteiger charge is 2.22. The van der Waals surface area contributed by atoms with Gasteiger partial charge in [-0.15, -0.1) is 0 Å². The van der Waals surface area contributed by atoms with Crippen LogP contribution in [0.25, 0.3) is 0 Å². The van der Waals surface area contributed by atoms with E-state index in [0.717, 1.165) is 37.6 Å². The third kappa shape index (κ3) is 3.85. The molecule has 1 aliphatic rings. The van der Waals surface area contributed by atoms with E-state index >= 15 is 0 Å². The molecule has 0 aromatic heterocycles. The summed E-state index contributed by atoms with van der Waals surface area (Å²) in [6.45, 7) is 7.30. The van der Waals surface area contributed by atoms with Crippen LogP contribution in [0.4, 0.5) is 5.69 Å². The smallest absolute Gasteiger partial charge is 0.142 e. The lowest BCUT2D eigenvalue weighted by Crippen LogP contribution is -2.43. The molecule has 1 aliphatic heterocycles. The van der Waals surface area contributed by atoms with Crippen LogP contribution in [0.15, 0.2) is 24.3 Å². The minimum absolute atomic E-state index is 0.182. The molecule has 0 radical (unpaired) electrons. The number of morpholine rings is 1. The highest BCUT2D eigenvalue weighted by Crippen LogP contribution is 2.30. The van der Waals surface area contributed by atoms with E-state index in [1.165, 1.54) is 0 Å². The minimum Gasteiger partial charge on any atom is -0.489 e. The molecule has 0 saturated carbocycles. The van der Waals surface area contributed by atoms with Crippen molar-refractivity contribution >= 4 is 5.69 Å². The summed E-state index contributed by atoms with van der Waals surface area (Å²) >= 11 is 0. The van der Waals surface area contributed by atoms with E-state index in [1.54, 1.807) is 0 Å². The number of nitrogens with two attached hydrogens (primary N) is 1. The Balaban J connectivity index is 2.11. The second kappa shape index (κ2) is 6.78. The van der Waals surface area contributed by atoms with Crippen LogP contribution in [0.1, 0.15) is 20.3 Å².